The van der Waals surface area contributed by atoms with E-state index in [1.807, 2.05) is 0 Å². The number of amides is 1. The third-order valence-electron chi connectivity index (χ3n) is 2.15. The Bertz CT molecular complexity index is 298. The highest BCUT2D eigenvalue weighted by Crippen LogP contribution is 2.06. The van der Waals surface area contributed by atoms with Crippen molar-refractivity contribution >= 4 is 15.9 Å². The number of nitrogens with two attached hydrogens (primary N) is 1. The second-order valence-electron chi connectivity index (χ2n) is 3.89. The van der Waals surface area contributed by atoms with Gasteiger partial charge in [-0.3, -0.25) is 9.52 Å². The molecule has 5 nitrogen and oxygen atoms in total. The van der Waals surface area contributed by atoms with Crippen LogP contribution in [-0.4, -0.2) is 26.1 Å². The Morgan fingerprint density at radius 1 is 1.33 bits per heavy atom. The van der Waals surface area contributed by atoms with E-state index in [9.17, 15) is 13.2 Å². The lowest BCUT2D eigenvalue weighted by atomic mass is 10.1. The predicted octanol–water partition coefficient (Wildman–Crippen LogP) is 0.216. The average molecular weight is 236 g/mol. The molecule has 0 aliphatic rings. The fraction of sp³-hybridized carbons (Fsp3) is 0.889. The van der Waals surface area contributed by atoms with Gasteiger partial charge in [-0.2, -0.15) is 0 Å². The first-order chi connectivity index (χ1) is 6.81. The third-order valence-corrected chi connectivity index (χ3v) is 3.88. The molecule has 0 aromatic rings. The molecule has 0 heterocycles. The van der Waals surface area contributed by atoms with E-state index in [1.165, 1.54) is 13.8 Å². The molecule has 0 saturated heterocycles. The highest BCUT2D eigenvalue weighted by Gasteiger charge is 2.22. The molecular formula is C9H20N2O3S. The Morgan fingerprint density at radius 3 is 2.27 bits per heavy atom. The summed E-state index contributed by atoms with van der Waals surface area (Å²) in [5.74, 6) is -0.765. The largest absolute Gasteiger partial charge is 0.330 e. The number of rotatable bonds is 6. The molecule has 90 valence electrons. The molecule has 0 bridgehead atoms. The monoisotopic (exact) mass is 236 g/mol. The molecule has 0 aliphatic carbocycles. The summed E-state index contributed by atoms with van der Waals surface area (Å²) in [5.41, 5.74) is 5.30. The van der Waals surface area contributed by atoms with E-state index in [0.717, 1.165) is 6.42 Å². The molecule has 0 fully saturated rings. The number of hydrogen-bond acceptors (Lipinski definition) is 4. The van der Waals surface area contributed by atoms with Crippen molar-refractivity contribution in [2.24, 2.45) is 11.7 Å². The summed E-state index contributed by atoms with van der Waals surface area (Å²) >= 11 is 0. The molecule has 6 heteroatoms. The standard InChI is InChI=1S/C9H20N2O3S/c1-7(2)15(13,14)11-9(12)8(3)5-4-6-10/h7-8H,4-6,10H2,1-3H3,(H,11,12). The Kier molecular flexibility index (Phi) is 5.82. The average Bonchev–Trinajstić information content (AvgIpc) is 2.13. The van der Waals surface area contributed by atoms with Gasteiger partial charge in [0.15, 0.2) is 0 Å². The van der Waals surface area contributed by atoms with Gasteiger partial charge in [-0.15, -0.1) is 0 Å². The van der Waals surface area contributed by atoms with Crippen LogP contribution in [-0.2, 0) is 14.8 Å². The number of sulfonamides is 1. The van der Waals surface area contributed by atoms with Crippen LogP contribution in [0.25, 0.3) is 0 Å². The smallest absolute Gasteiger partial charge is 0.237 e. The first-order valence-corrected chi connectivity index (χ1v) is 6.61. The lowest BCUT2D eigenvalue weighted by Crippen LogP contribution is -2.38. The Labute approximate surface area is 91.5 Å². The van der Waals surface area contributed by atoms with E-state index in [2.05, 4.69) is 4.72 Å². The van der Waals surface area contributed by atoms with E-state index in [4.69, 9.17) is 5.73 Å². The van der Waals surface area contributed by atoms with Gasteiger partial charge in [0, 0.05) is 5.92 Å². The van der Waals surface area contributed by atoms with Crippen LogP contribution in [0.2, 0.25) is 0 Å². The lowest BCUT2D eigenvalue weighted by Gasteiger charge is -2.13. The molecule has 3 N–H and O–H groups in total. The predicted molar refractivity (Wildman–Crippen MR) is 59.7 cm³/mol. The van der Waals surface area contributed by atoms with Crippen LogP contribution in [0.5, 0.6) is 0 Å². The maximum atomic E-state index is 11.4. The SMILES string of the molecule is CC(CCCN)C(=O)NS(=O)(=O)C(C)C. The van der Waals surface area contributed by atoms with Crippen LogP contribution in [0.15, 0.2) is 0 Å². The summed E-state index contributed by atoms with van der Waals surface area (Å²) in [4.78, 5) is 11.4. The zero-order valence-corrected chi connectivity index (χ0v) is 10.3. The van der Waals surface area contributed by atoms with Crippen molar-refractivity contribution in [1.82, 2.24) is 4.72 Å². The van der Waals surface area contributed by atoms with Crippen molar-refractivity contribution in [3.8, 4) is 0 Å². The van der Waals surface area contributed by atoms with Crippen molar-refractivity contribution in [2.75, 3.05) is 6.54 Å². The lowest BCUT2D eigenvalue weighted by molar-refractivity contribution is -0.122. The molecule has 0 spiro atoms. The number of nitrogens with one attached hydrogen (secondary N) is 1. The maximum Gasteiger partial charge on any atom is 0.237 e. The second-order valence-corrected chi connectivity index (χ2v) is 6.13. The van der Waals surface area contributed by atoms with Gasteiger partial charge in [0.2, 0.25) is 15.9 Å². The normalized spacial score (nSPS) is 13.9. The van der Waals surface area contributed by atoms with E-state index < -0.39 is 21.2 Å². The molecular weight excluding hydrogens is 216 g/mol. The summed E-state index contributed by atoms with van der Waals surface area (Å²) in [6.07, 6.45) is 1.33. The Balaban J connectivity index is 4.25. The van der Waals surface area contributed by atoms with Crippen molar-refractivity contribution in [2.45, 2.75) is 38.9 Å². The van der Waals surface area contributed by atoms with E-state index in [-0.39, 0.29) is 5.92 Å². The summed E-state index contributed by atoms with van der Waals surface area (Å²) in [6.45, 7) is 5.26. The molecule has 0 radical (unpaired) electrons. The van der Waals surface area contributed by atoms with Gasteiger partial charge in [-0.1, -0.05) is 6.92 Å². The van der Waals surface area contributed by atoms with Crippen LogP contribution in [0.4, 0.5) is 0 Å². The number of hydrogen-bond donors (Lipinski definition) is 2. The fourth-order valence-corrected chi connectivity index (χ4v) is 1.63. The van der Waals surface area contributed by atoms with E-state index in [0.29, 0.717) is 13.0 Å². The van der Waals surface area contributed by atoms with Crippen LogP contribution in [0.3, 0.4) is 0 Å². The summed E-state index contributed by atoms with van der Waals surface area (Å²) in [5, 5.41) is -0.594. The van der Waals surface area contributed by atoms with Crippen LogP contribution in [0.1, 0.15) is 33.6 Å². The van der Waals surface area contributed by atoms with Gasteiger partial charge in [0.25, 0.3) is 0 Å². The van der Waals surface area contributed by atoms with Crippen molar-refractivity contribution in [1.29, 1.82) is 0 Å². The molecule has 1 unspecified atom stereocenters. The minimum absolute atomic E-state index is 0.318. The summed E-state index contributed by atoms with van der Waals surface area (Å²) < 4.78 is 24.8. The topological polar surface area (TPSA) is 89.3 Å². The molecule has 0 aliphatic heterocycles. The highest BCUT2D eigenvalue weighted by molar-refractivity contribution is 7.90. The quantitative estimate of drug-likeness (QED) is 0.690. The van der Waals surface area contributed by atoms with Gasteiger partial charge < -0.3 is 5.73 Å². The van der Waals surface area contributed by atoms with Crippen molar-refractivity contribution < 1.29 is 13.2 Å². The molecule has 0 saturated carbocycles. The molecule has 1 amide bonds. The van der Waals surface area contributed by atoms with Gasteiger partial charge >= 0.3 is 0 Å². The Hall–Kier alpha value is -0.620. The van der Waals surface area contributed by atoms with Gasteiger partial charge in [-0.05, 0) is 33.2 Å². The molecule has 0 aromatic heterocycles. The first kappa shape index (κ1) is 14.4. The molecule has 1 atom stereocenters. The van der Waals surface area contributed by atoms with Gasteiger partial charge in [-0.25, -0.2) is 8.42 Å². The molecule has 0 rings (SSSR count). The Morgan fingerprint density at radius 2 is 1.87 bits per heavy atom. The van der Waals surface area contributed by atoms with Crippen LogP contribution < -0.4 is 10.5 Å². The van der Waals surface area contributed by atoms with Crippen LogP contribution >= 0.6 is 0 Å². The maximum absolute atomic E-state index is 11.4. The second kappa shape index (κ2) is 6.07. The van der Waals surface area contributed by atoms with Gasteiger partial charge in [0.1, 0.15) is 0 Å². The third kappa shape index (κ3) is 5.13. The number of carbonyl (C=O) groups is 1. The van der Waals surface area contributed by atoms with Crippen molar-refractivity contribution in [3.05, 3.63) is 0 Å². The van der Waals surface area contributed by atoms with Crippen LogP contribution in [0, 0.1) is 5.92 Å². The highest BCUT2D eigenvalue weighted by atomic mass is 32.2. The first-order valence-electron chi connectivity index (χ1n) is 5.06. The van der Waals surface area contributed by atoms with Gasteiger partial charge in [0.05, 0.1) is 5.25 Å². The fourth-order valence-electron chi connectivity index (χ4n) is 0.914. The van der Waals surface area contributed by atoms with Crippen molar-refractivity contribution in [3.63, 3.8) is 0 Å². The minimum Gasteiger partial charge on any atom is -0.330 e. The number of carbonyl (C=O) groups excluding carboxylic acids is 1. The summed E-state index contributed by atoms with van der Waals surface area (Å²) in [6, 6.07) is 0. The minimum atomic E-state index is -3.50. The zero-order valence-electron chi connectivity index (χ0n) is 9.49. The summed E-state index contributed by atoms with van der Waals surface area (Å²) in [7, 11) is -3.50. The molecule has 0 aromatic carbocycles. The molecule has 15 heavy (non-hydrogen) atoms. The zero-order chi connectivity index (χ0) is 12.1. The van der Waals surface area contributed by atoms with E-state index >= 15 is 0 Å². The van der Waals surface area contributed by atoms with E-state index in [1.54, 1.807) is 6.92 Å².